The van der Waals surface area contributed by atoms with Crippen molar-refractivity contribution in [2.75, 3.05) is 24.7 Å². The summed E-state index contributed by atoms with van der Waals surface area (Å²) in [6.07, 6.45) is 1.08. The van der Waals surface area contributed by atoms with Gasteiger partial charge in [0, 0.05) is 5.56 Å². The summed E-state index contributed by atoms with van der Waals surface area (Å²) in [5, 5.41) is 2.86. The summed E-state index contributed by atoms with van der Waals surface area (Å²) in [5.41, 5.74) is 1.56. The van der Waals surface area contributed by atoms with Gasteiger partial charge in [0.2, 0.25) is 10.0 Å². The lowest BCUT2D eigenvalue weighted by atomic mass is 10.1. The van der Waals surface area contributed by atoms with E-state index < -0.39 is 10.0 Å². The molecule has 0 unspecified atom stereocenters. The van der Waals surface area contributed by atoms with E-state index in [4.69, 9.17) is 9.47 Å². The van der Waals surface area contributed by atoms with E-state index in [0.717, 1.165) is 12.0 Å². The molecule has 1 atom stereocenters. The zero-order chi connectivity index (χ0) is 20.0. The van der Waals surface area contributed by atoms with Crippen LogP contribution >= 0.6 is 0 Å². The van der Waals surface area contributed by atoms with Gasteiger partial charge in [0.15, 0.2) is 0 Å². The largest absolute Gasteiger partial charge is 0.497 e. The SMILES string of the molecule is COc1ccc(OC[C@@H](C)NC(=O)c2ccc(NS(C)(=O)=O)c(C)c2)cc1. The van der Waals surface area contributed by atoms with Crippen LogP contribution in [0.5, 0.6) is 11.5 Å². The molecule has 0 saturated heterocycles. The fourth-order valence-electron chi connectivity index (χ4n) is 2.36. The summed E-state index contributed by atoms with van der Waals surface area (Å²) in [7, 11) is -1.77. The van der Waals surface area contributed by atoms with E-state index in [1.807, 2.05) is 6.92 Å². The Hall–Kier alpha value is -2.74. The molecule has 27 heavy (non-hydrogen) atoms. The maximum Gasteiger partial charge on any atom is 0.251 e. The lowest BCUT2D eigenvalue weighted by Gasteiger charge is -2.16. The van der Waals surface area contributed by atoms with Crippen molar-refractivity contribution in [3.8, 4) is 11.5 Å². The second-order valence-electron chi connectivity index (χ2n) is 6.26. The Kier molecular flexibility index (Phi) is 6.68. The first-order chi connectivity index (χ1) is 12.7. The number of benzene rings is 2. The van der Waals surface area contributed by atoms with Crippen molar-refractivity contribution < 1.29 is 22.7 Å². The van der Waals surface area contributed by atoms with E-state index >= 15 is 0 Å². The average Bonchev–Trinajstić information content (AvgIpc) is 2.61. The summed E-state index contributed by atoms with van der Waals surface area (Å²) < 4.78 is 35.8. The summed E-state index contributed by atoms with van der Waals surface area (Å²) in [6.45, 7) is 3.89. The first kappa shape index (κ1) is 20.6. The normalized spacial score (nSPS) is 12.1. The summed E-state index contributed by atoms with van der Waals surface area (Å²) in [4.78, 5) is 12.4. The molecular formula is C19H24N2O5S. The van der Waals surface area contributed by atoms with E-state index in [-0.39, 0.29) is 11.9 Å². The second kappa shape index (κ2) is 8.77. The maximum absolute atomic E-state index is 12.4. The Morgan fingerprint density at radius 3 is 2.30 bits per heavy atom. The molecule has 146 valence electrons. The fraction of sp³-hybridized carbons (Fsp3) is 0.316. The zero-order valence-corrected chi connectivity index (χ0v) is 16.6. The number of sulfonamides is 1. The summed E-state index contributed by atoms with van der Waals surface area (Å²) in [6, 6.07) is 11.8. The van der Waals surface area contributed by atoms with Crippen LogP contribution in [0.3, 0.4) is 0 Å². The Morgan fingerprint density at radius 1 is 1.11 bits per heavy atom. The van der Waals surface area contributed by atoms with Gasteiger partial charge in [-0.2, -0.15) is 0 Å². The highest BCUT2D eigenvalue weighted by Gasteiger charge is 2.13. The van der Waals surface area contributed by atoms with Crippen LogP contribution in [-0.4, -0.2) is 40.3 Å². The van der Waals surface area contributed by atoms with Gasteiger partial charge in [-0.1, -0.05) is 0 Å². The van der Waals surface area contributed by atoms with E-state index in [9.17, 15) is 13.2 Å². The van der Waals surface area contributed by atoms with Crippen LogP contribution in [0.15, 0.2) is 42.5 Å². The standard InChI is InChI=1S/C19H24N2O5S/c1-13-11-15(5-10-18(13)21-27(4,23)24)19(22)20-14(2)12-26-17-8-6-16(25-3)7-9-17/h5-11,14,21H,12H2,1-4H3,(H,20,22)/t14-/m1/s1. The van der Waals surface area contributed by atoms with Crippen LogP contribution in [-0.2, 0) is 10.0 Å². The minimum Gasteiger partial charge on any atom is -0.497 e. The molecule has 2 N–H and O–H groups in total. The first-order valence-corrected chi connectivity index (χ1v) is 10.2. The molecule has 0 aliphatic rings. The third-order valence-corrected chi connectivity index (χ3v) is 4.31. The number of anilines is 1. The van der Waals surface area contributed by atoms with Gasteiger partial charge in [0.05, 0.1) is 25.1 Å². The van der Waals surface area contributed by atoms with Crippen LogP contribution < -0.4 is 19.5 Å². The van der Waals surface area contributed by atoms with Crippen LogP contribution in [0.4, 0.5) is 5.69 Å². The number of nitrogens with one attached hydrogen (secondary N) is 2. The molecule has 2 aromatic carbocycles. The predicted octanol–water partition coefficient (Wildman–Crippen LogP) is 2.57. The van der Waals surface area contributed by atoms with Gasteiger partial charge in [-0.3, -0.25) is 9.52 Å². The van der Waals surface area contributed by atoms with E-state index in [0.29, 0.717) is 29.2 Å². The van der Waals surface area contributed by atoms with Crippen molar-refractivity contribution in [3.63, 3.8) is 0 Å². The molecule has 0 radical (unpaired) electrons. The molecule has 0 aliphatic heterocycles. The van der Waals surface area contributed by atoms with Crippen molar-refractivity contribution in [1.29, 1.82) is 0 Å². The molecule has 0 aliphatic carbocycles. The highest BCUT2D eigenvalue weighted by atomic mass is 32.2. The molecule has 7 nitrogen and oxygen atoms in total. The zero-order valence-electron chi connectivity index (χ0n) is 15.8. The maximum atomic E-state index is 12.4. The Balaban J connectivity index is 1.92. The fourth-order valence-corrected chi connectivity index (χ4v) is 2.99. The first-order valence-electron chi connectivity index (χ1n) is 8.34. The van der Waals surface area contributed by atoms with Crippen molar-refractivity contribution >= 4 is 21.6 Å². The van der Waals surface area contributed by atoms with Crippen LogP contribution in [0.2, 0.25) is 0 Å². The molecule has 2 rings (SSSR count). The number of carbonyl (C=O) groups excluding carboxylic acids is 1. The van der Waals surface area contributed by atoms with Crippen LogP contribution in [0.25, 0.3) is 0 Å². The number of hydrogen-bond acceptors (Lipinski definition) is 5. The van der Waals surface area contributed by atoms with Crippen molar-refractivity contribution in [2.24, 2.45) is 0 Å². The van der Waals surface area contributed by atoms with Crippen LogP contribution in [0, 0.1) is 6.92 Å². The molecule has 2 aromatic rings. The van der Waals surface area contributed by atoms with E-state index in [2.05, 4.69) is 10.0 Å². The van der Waals surface area contributed by atoms with E-state index in [1.165, 1.54) is 0 Å². The quantitative estimate of drug-likeness (QED) is 0.720. The number of amides is 1. The van der Waals surface area contributed by atoms with E-state index in [1.54, 1.807) is 56.5 Å². The van der Waals surface area contributed by atoms with Crippen molar-refractivity contribution in [2.45, 2.75) is 19.9 Å². The smallest absolute Gasteiger partial charge is 0.251 e. The van der Waals surface area contributed by atoms with Gasteiger partial charge in [0.1, 0.15) is 18.1 Å². The molecule has 0 bridgehead atoms. The van der Waals surface area contributed by atoms with Gasteiger partial charge in [-0.05, 0) is 61.9 Å². The minimum absolute atomic E-state index is 0.214. The number of aryl methyl sites for hydroxylation is 1. The molecule has 0 aromatic heterocycles. The number of rotatable bonds is 8. The molecule has 0 spiro atoms. The predicted molar refractivity (Wildman–Crippen MR) is 105 cm³/mol. The molecule has 0 heterocycles. The molecule has 8 heteroatoms. The Bertz CT molecular complexity index is 895. The average molecular weight is 392 g/mol. The molecule has 0 saturated carbocycles. The number of methoxy groups -OCH3 is 1. The summed E-state index contributed by atoms with van der Waals surface area (Å²) >= 11 is 0. The van der Waals surface area contributed by atoms with Gasteiger partial charge in [-0.15, -0.1) is 0 Å². The second-order valence-corrected chi connectivity index (χ2v) is 8.01. The van der Waals surface area contributed by atoms with Crippen LogP contribution in [0.1, 0.15) is 22.8 Å². The molecule has 1 amide bonds. The third-order valence-electron chi connectivity index (χ3n) is 3.72. The van der Waals surface area contributed by atoms with Gasteiger partial charge in [-0.25, -0.2) is 8.42 Å². The molecular weight excluding hydrogens is 368 g/mol. The minimum atomic E-state index is -3.36. The lowest BCUT2D eigenvalue weighted by Crippen LogP contribution is -2.36. The Morgan fingerprint density at radius 2 is 1.74 bits per heavy atom. The monoisotopic (exact) mass is 392 g/mol. The van der Waals surface area contributed by atoms with Gasteiger partial charge >= 0.3 is 0 Å². The third kappa shape index (κ3) is 6.49. The lowest BCUT2D eigenvalue weighted by molar-refractivity contribution is 0.0926. The van der Waals surface area contributed by atoms with Gasteiger partial charge in [0.25, 0.3) is 5.91 Å². The van der Waals surface area contributed by atoms with Crippen molar-refractivity contribution in [1.82, 2.24) is 5.32 Å². The summed E-state index contributed by atoms with van der Waals surface area (Å²) in [5.74, 6) is 1.17. The highest BCUT2D eigenvalue weighted by Crippen LogP contribution is 2.18. The highest BCUT2D eigenvalue weighted by molar-refractivity contribution is 7.92. The number of hydrogen-bond donors (Lipinski definition) is 2. The number of carbonyl (C=O) groups is 1. The topological polar surface area (TPSA) is 93.7 Å². The Labute approximate surface area is 159 Å². The van der Waals surface area contributed by atoms with Gasteiger partial charge < -0.3 is 14.8 Å². The van der Waals surface area contributed by atoms with Crippen molar-refractivity contribution in [3.05, 3.63) is 53.6 Å². The number of ether oxygens (including phenoxy) is 2. The molecule has 0 fully saturated rings.